The van der Waals surface area contributed by atoms with Crippen LogP contribution in [-0.4, -0.2) is 86.0 Å². The Hall–Kier alpha value is -2.74. The highest BCUT2D eigenvalue weighted by molar-refractivity contribution is 5.80. The molecular weight excluding hydrogens is 378 g/mol. The van der Waals surface area contributed by atoms with Crippen molar-refractivity contribution in [2.75, 3.05) is 65.4 Å². The first-order valence-corrected chi connectivity index (χ1v) is 10.6. The fraction of sp³-hybridized carbons (Fsp3) is 0.545. The lowest BCUT2D eigenvalue weighted by molar-refractivity contribution is 0.303. The van der Waals surface area contributed by atoms with E-state index in [4.69, 9.17) is 9.73 Å². The van der Waals surface area contributed by atoms with Gasteiger partial charge in [-0.15, -0.1) is 0 Å². The number of aromatic nitrogens is 2. The average molecular weight is 414 g/mol. The van der Waals surface area contributed by atoms with Gasteiger partial charge in [0.05, 0.1) is 25.9 Å². The molecule has 30 heavy (non-hydrogen) atoms. The van der Waals surface area contributed by atoms with Gasteiger partial charge >= 0.3 is 0 Å². The molecule has 0 aliphatic carbocycles. The number of ether oxygens (including phenoxy) is 1. The first-order chi connectivity index (χ1) is 14.5. The summed E-state index contributed by atoms with van der Waals surface area (Å²) >= 11 is 0. The van der Waals surface area contributed by atoms with E-state index in [0.29, 0.717) is 6.54 Å². The van der Waals surface area contributed by atoms with Crippen molar-refractivity contribution in [3.05, 3.63) is 42.2 Å². The topological polar surface area (TPSA) is 61.2 Å². The molecule has 2 heterocycles. The molecule has 1 N–H and O–H groups in total. The van der Waals surface area contributed by atoms with Crippen molar-refractivity contribution in [1.29, 1.82) is 0 Å². The minimum atomic E-state index is 0.202. The van der Waals surface area contributed by atoms with Crippen LogP contribution in [0, 0.1) is 0 Å². The minimum absolute atomic E-state index is 0.202. The number of hydrogen-bond acceptors (Lipinski definition) is 5. The summed E-state index contributed by atoms with van der Waals surface area (Å²) in [7, 11) is 7.83. The zero-order chi connectivity index (χ0) is 21.5. The van der Waals surface area contributed by atoms with E-state index in [1.807, 2.05) is 30.1 Å². The number of hydrogen-bond donors (Lipinski definition) is 1. The van der Waals surface area contributed by atoms with Crippen molar-refractivity contribution in [1.82, 2.24) is 24.9 Å². The highest BCUT2D eigenvalue weighted by Crippen LogP contribution is 2.21. The number of guanidine groups is 1. The highest BCUT2D eigenvalue weighted by Gasteiger charge is 2.21. The summed E-state index contributed by atoms with van der Waals surface area (Å²) < 4.78 is 7.12. The number of anilines is 1. The lowest BCUT2D eigenvalue weighted by atomic mass is 10.1. The summed E-state index contributed by atoms with van der Waals surface area (Å²) in [5, 5.41) is 7.80. The summed E-state index contributed by atoms with van der Waals surface area (Å²) in [5.74, 6) is 1.88. The van der Waals surface area contributed by atoms with E-state index in [-0.39, 0.29) is 6.04 Å². The molecule has 0 amide bonds. The molecular formula is C22H35N7O. The molecule has 3 rings (SSSR count). The van der Waals surface area contributed by atoms with Crippen molar-refractivity contribution >= 4 is 11.6 Å². The van der Waals surface area contributed by atoms with Gasteiger partial charge in [-0.2, -0.15) is 5.10 Å². The Kier molecular flexibility index (Phi) is 7.57. The molecule has 1 aromatic heterocycles. The number of rotatable bonds is 7. The van der Waals surface area contributed by atoms with Crippen LogP contribution in [0.4, 0.5) is 5.69 Å². The fourth-order valence-electron chi connectivity index (χ4n) is 3.75. The van der Waals surface area contributed by atoms with Crippen molar-refractivity contribution in [3.8, 4) is 5.75 Å². The highest BCUT2D eigenvalue weighted by atomic mass is 16.5. The number of benzene rings is 1. The third-order valence-electron chi connectivity index (χ3n) is 5.50. The molecule has 1 fully saturated rings. The van der Waals surface area contributed by atoms with Gasteiger partial charge in [-0.05, 0) is 45.3 Å². The average Bonchev–Trinajstić information content (AvgIpc) is 3.19. The maximum atomic E-state index is 5.27. The van der Waals surface area contributed by atoms with Crippen LogP contribution < -0.4 is 15.0 Å². The smallest absolute Gasteiger partial charge is 0.194 e. The number of aliphatic imine (C=N–C) groups is 1. The van der Waals surface area contributed by atoms with Gasteiger partial charge in [0.2, 0.25) is 0 Å². The van der Waals surface area contributed by atoms with E-state index in [2.05, 4.69) is 64.5 Å². The largest absolute Gasteiger partial charge is 0.497 e. The van der Waals surface area contributed by atoms with Gasteiger partial charge < -0.3 is 24.8 Å². The second-order valence-corrected chi connectivity index (χ2v) is 7.79. The van der Waals surface area contributed by atoms with E-state index >= 15 is 0 Å². The molecule has 1 saturated heterocycles. The molecule has 0 saturated carbocycles. The molecule has 1 aromatic carbocycles. The van der Waals surface area contributed by atoms with Gasteiger partial charge in [-0.1, -0.05) is 0 Å². The Morgan fingerprint density at radius 1 is 1.20 bits per heavy atom. The van der Waals surface area contributed by atoms with Crippen molar-refractivity contribution in [3.63, 3.8) is 0 Å². The van der Waals surface area contributed by atoms with Crippen molar-refractivity contribution in [2.45, 2.75) is 13.0 Å². The van der Waals surface area contributed by atoms with Gasteiger partial charge in [0.1, 0.15) is 5.75 Å². The van der Waals surface area contributed by atoms with E-state index < -0.39 is 0 Å². The SMILES string of the molecule is CCNC(=NCC(c1cnn(C)c1)N(C)C)N1CCN(c2ccc(OC)cc2)CC1. The number of aryl methyl sites for hydroxylation is 1. The summed E-state index contributed by atoms with van der Waals surface area (Å²) in [6.07, 6.45) is 4.00. The Morgan fingerprint density at radius 2 is 1.90 bits per heavy atom. The monoisotopic (exact) mass is 413 g/mol. The van der Waals surface area contributed by atoms with E-state index in [1.54, 1.807) is 7.11 Å². The Labute approximate surface area is 180 Å². The van der Waals surface area contributed by atoms with Crippen LogP contribution in [0.25, 0.3) is 0 Å². The molecule has 0 spiro atoms. The summed E-state index contributed by atoms with van der Waals surface area (Å²) in [6.45, 7) is 7.49. The normalized spacial score (nSPS) is 16.1. The molecule has 2 aromatic rings. The number of likely N-dealkylation sites (N-methyl/N-ethyl adjacent to an activating group) is 1. The van der Waals surface area contributed by atoms with Crippen LogP contribution in [0.5, 0.6) is 5.75 Å². The van der Waals surface area contributed by atoms with E-state index in [0.717, 1.165) is 44.4 Å². The van der Waals surface area contributed by atoms with Crippen LogP contribution in [0.3, 0.4) is 0 Å². The van der Waals surface area contributed by atoms with E-state index in [9.17, 15) is 0 Å². The first kappa shape index (κ1) is 22.0. The second kappa shape index (κ2) is 10.3. The van der Waals surface area contributed by atoms with Crippen LogP contribution >= 0.6 is 0 Å². The molecule has 1 aliphatic heterocycles. The molecule has 8 nitrogen and oxygen atoms in total. The lowest BCUT2D eigenvalue weighted by Crippen LogP contribution is -2.52. The minimum Gasteiger partial charge on any atom is -0.497 e. The van der Waals surface area contributed by atoms with Crippen molar-refractivity contribution < 1.29 is 4.74 Å². The first-order valence-electron chi connectivity index (χ1n) is 10.6. The van der Waals surface area contributed by atoms with Crippen LogP contribution in [-0.2, 0) is 7.05 Å². The lowest BCUT2D eigenvalue weighted by Gasteiger charge is -2.38. The Bertz CT molecular complexity index is 807. The van der Waals surface area contributed by atoms with Crippen molar-refractivity contribution in [2.24, 2.45) is 12.0 Å². The zero-order valence-corrected chi connectivity index (χ0v) is 18.9. The number of nitrogens with zero attached hydrogens (tertiary/aromatic N) is 6. The van der Waals surface area contributed by atoms with Gasteiger partial charge in [0.15, 0.2) is 5.96 Å². The van der Waals surface area contributed by atoms with Crippen LogP contribution in [0.2, 0.25) is 0 Å². The van der Waals surface area contributed by atoms with E-state index in [1.165, 1.54) is 11.3 Å². The molecule has 1 aliphatic rings. The summed E-state index contributed by atoms with van der Waals surface area (Å²) in [6, 6.07) is 8.50. The molecule has 164 valence electrons. The standard InChI is InChI=1S/C22H35N7O/c1-6-23-22(24-16-21(26(2)3)18-15-25-27(4)17-18)29-13-11-28(12-14-29)19-7-9-20(30-5)10-8-19/h7-10,15,17,21H,6,11-14,16H2,1-5H3,(H,23,24). The predicted octanol–water partition coefficient (Wildman–Crippen LogP) is 1.82. The third-order valence-corrected chi connectivity index (χ3v) is 5.50. The Morgan fingerprint density at radius 3 is 2.43 bits per heavy atom. The van der Waals surface area contributed by atoms with Gasteiger partial charge in [0, 0.05) is 57.2 Å². The number of piperazine rings is 1. The van der Waals surface area contributed by atoms with Crippen LogP contribution in [0.15, 0.2) is 41.7 Å². The van der Waals surface area contributed by atoms with Crippen LogP contribution in [0.1, 0.15) is 18.5 Å². The van der Waals surface area contributed by atoms with Gasteiger partial charge in [0.25, 0.3) is 0 Å². The molecule has 1 atom stereocenters. The quantitative estimate of drug-likeness (QED) is 0.552. The van der Waals surface area contributed by atoms with Gasteiger partial charge in [-0.25, -0.2) is 0 Å². The molecule has 0 radical (unpaired) electrons. The third kappa shape index (κ3) is 5.44. The maximum absolute atomic E-state index is 5.27. The second-order valence-electron chi connectivity index (χ2n) is 7.79. The Balaban J connectivity index is 1.64. The summed E-state index contributed by atoms with van der Waals surface area (Å²) in [5.41, 5.74) is 2.42. The molecule has 8 heteroatoms. The molecule has 0 bridgehead atoms. The number of methoxy groups -OCH3 is 1. The fourth-order valence-corrected chi connectivity index (χ4v) is 3.75. The summed E-state index contributed by atoms with van der Waals surface area (Å²) in [4.78, 5) is 12.0. The van der Waals surface area contributed by atoms with Gasteiger partial charge in [-0.3, -0.25) is 9.67 Å². The number of nitrogens with one attached hydrogen (secondary N) is 1. The maximum Gasteiger partial charge on any atom is 0.194 e. The predicted molar refractivity (Wildman–Crippen MR) is 122 cm³/mol. The molecule has 1 unspecified atom stereocenters. The zero-order valence-electron chi connectivity index (χ0n) is 18.9.